The summed E-state index contributed by atoms with van der Waals surface area (Å²) in [7, 11) is 0. The van der Waals surface area contributed by atoms with Crippen LogP contribution in [-0.2, 0) is 0 Å². The Hall–Kier alpha value is -2.22. The van der Waals surface area contributed by atoms with E-state index in [1.807, 2.05) is 24.3 Å². The molecule has 0 aliphatic carbocycles. The van der Waals surface area contributed by atoms with E-state index in [0.29, 0.717) is 19.5 Å². The summed E-state index contributed by atoms with van der Waals surface area (Å²) < 4.78 is 0. The van der Waals surface area contributed by atoms with Crippen molar-refractivity contribution in [1.82, 2.24) is 5.32 Å². The smallest absolute Gasteiger partial charge is 0.321 e. The molecule has 2 N–H and O–H groups in total. The summed E-state index contributed by atoms with van der Waals surface area (Å²) in [4.78, 5) is 13.4. The van der Waals surface area contributed by atoms with Crippen molar-refractivity contribution < 1.29 is 4.79 Å². The van der Waals surface area contributed by atoms with Crippen LogP contribution in [0.25, 0.3) is 0 Å². The van der Waals surface area contributed by atoms with Crippen LogP contribution in [0, 0.1) is 16.7 Å². The number of hydrogen-bond acceptors (Lipinski definition) is 3. The molecule has 5 heteroatoms. The first-order chi connectivity index (χ1) is 10.0. The minimum atomic E-state index is -0.0403. The first-order valence-corrected chi connectivity index (χ1v) is 7.28. The van der Waals surface area contributed by atoms with Crippen LogP contribution in [0.5, 0.6) is 0 Å². The van der Waals surface area contributed by atoms with Crippen molar-refractivity contribution in [3.63, 3.8) is 0 Å². The van der Waals surface area contributed by atoms with Crippen molar-refractivity contribution in [2.75, 3.05) is 29.9 Å². The number of carbonyl (C=O) groups is 1. The third-order valence-corrected chi connectivity index (χ3v) is 3.70. The zero-order valence-electron chi connectivity index (χ0n) is 12.6. The van der Waals surface area contributed by atoms with E-state index < -0.39 is 0 Å². The molecule has 1 fully saturated rings. The fraction of sp³-hybridized carbons (Fsp3) is 0.500. The van der Waals surface area contributed by atoms with Gasteiger partial charge in [0.2, 0.25) is 0 Å². The molecule has 0 aromatic heterocycles. The van der Waals surface area contributed by atoms with Crippen LogP contribution in [0.3, 0.4) is 0 Å². The number of hydrogen-bond donors (Lipinski definition) is 2. The maximum absolute atomic E-state index is 11.7. The number of rotatable bonds is 6. The van der Waals surface area contributed by atoms with Crippen molar-refractivity contribution >= 4 is 17.4 Å². The lowest BCUT2D eigenvalue weighted by Crippen LogP contribution is -2.27. The molecule has 0 atom stereocenters. The van der Waals surface area contributed by atoms with Gasteiger partial charge in [0, 0.05) is 37.4 Å². The van der Waals surface area contributed by atoms with Gasteiger partial charge in [-0.25, -0.2) is 4.79 Å². The molecule has 1 aromatic carbocycles. The van der Waals surface area contributed by atoms with Gasteiger partial charge >= 0.3 is 6.03 Å². The summed E-state index contributed by atoms with van der Waals surface area (Å²) in [5.74, 6) is 0. The highest BCUT2D eigenvalue weighted by Crippen LogP contribution is 2.25. The van der Waals surface area contributed by atoms with E-state index in [9.17, 15) is 4.79 Å². The number of amides is 2. The maximum Gasteiger partial charge on any atom is 0.321 e. The van der Waals surface area contributed by atoms with E-state index in [1.165, 1.54) is 0 Å². The van der Waals surface area contributed by atoms with Gasteiger partial charge in [-0.3, -0.25) is 4.90 Å². The maximum atomic E-state index is 11.7. The molecular weight excluding hydrogens is 264 g/mol. The van der Waals surface area contributed by atoms with Crippen molar-refractivity contribution in [1.29, 1.82) is 5.26 Å². The molecule has 1 heterocycles. The number of anilines is 2. The molecule has 0 saturated carbocycles. The second-order valence-electron chi connectivity index (χ2n) is 6.11. The molecule has 1 saturated heterocycles. The van der Waals surface area contributed by atoms with Gasteiger partial charge in [0.15, 0.2) is 0 Å². The van der Waals surface area contributed by atoms with Crippen molar-refractivity contribution in [2.45, 2.75) is 26.7 Å². The van der Waals surface area contributed by atoms with Gasteiger partial charge < -0.3 is 10.6 Å². The van der Waals surface area contributed by atoms with Crippen LogP contribution in [0.1, 0.15) is 26.7 Å². The molecule has 1 aromatic rings. The SMILES string of the molecule is CC(C)(CCC#N)CNc1cccc(N2CCNC2=O)c1. The fourth-order valence-corrected chi connectivity index (χ4v) is 2.33. The quantitative estimate of drug-likeness (QED) is 0.844. The topological polar surface area (TPSA) is 68.2 Å². The van der Waals surface area contributed by atoms with Crippen LogP contribution in [0.2, 0.25) is 0 Å². The van der Waals surface area contributed by atoms with Crippen LogP contribution < -0.4 is 15.5 Å². The van der Waals surface area contributed by atoms with E-state index in [1.54, 1.807) is 4.90 Å². The first-order valence-electron chi connectivity index (χ1n) is 7.28. The average Bonchev–Trinajstić information content (AvgIpc) is 2.90. The van der Waals surface area contributed by atoms with Gasteiger partial charge in [-0.15, -0.1) is 0 Å². The Morgan fingerprint density at radius 1 is 1.48 bits per heavy atom. The molecule has 0 radical (unpaired) electrons. The first kappa shape index (κ1) is 15.2. The summed E-state index contributed by atoms with van der Waals surface area (Å²) in [6.45, 7) is 6.49. The summed E-state index contributed by atoms with van der Waals surface area (Å²) >= 11 is 0. The third-order valence-electron chi connectivity index (χ3n) is 3.70. The number of carbonyl (C=O) groups excluding carboxylic acids is 1. The lowest BCUT2D eigenvalue weighted by molar-refractivity contribution is 0.252. The summed E-state index contributed by atoms with van der Waals surface area (Å²) in [5, 5.41) is 14.9. The number of urea groups is 1. The van der Waals surface area contributed by atoms with Crippen molar-refractivity contribution in [3.8, 4) is 6.07 Å². The van der Waals surface area contributed by atoms with E-state index in [0.717, 1.165) is 24.3 Å². The highest BCUT2D eigenvalue weighted by atomic mass is 16.2. The van der Waals surface area contributed by atoms with Crippen molar-refractivity contribution in [2.24, 2.45) is 5.41 Å². The molecule has 0 unspecified atom stereocenters. The lowest BCUT2D eigenvalue weighted by Gasteiger charge is -2.25. The highest BCUT2D eigenvalue weighted by Gasteiger charge is 2.21. The van der Waals surface area contributed by atoms with Gasteiger partial charge in [0.1, 0.15) is 0 Å². The molecule has 1 aliphatic rings. The van der Waals surface area contributed by atoms with E-state index >= 15 is 0 Å². The number of nitrogens with zero attached hydrogens (tertiary/aromatic N) is 2. The highest BCUT2D eigenvalue weighted by molar-refractivity contribution is 5.94. The standard InChI is InChI=1S/C16H22N4O/c1-16(2,7-4-8-17)12-19-13-5-3-6-14(11-13)20-10-9-18-15(20)21/h3,5-6,11,19H,4,7,9-10,12H2,1-2H3,(H,18,21). The number of nitriles is 1. The monoisotopic (exact) mass is 286 g/mol. The molecule has 2 amide bonds. The van der Waals surface area contributed by atoms with Gasteiger partial charge in [-0.2, -0.15) is 5.26 Å². The molecular formula is C16H22N4O. The Labute approximate surface area is 125 Å². The van der Waals surface area contributed by atoms with Gasteiger partial charge in [0.25, 0.3) is 0 Å². The molecule has 2 rings (SSSR count). The third kappa shape index (κ3) is 4.12. The van der Waals surface area contributed by atoms with Gasteiger partial charge in [-0.1, -0.05) is 19.9 Å². The molecule has 0 bridgehead atoms. The Morgan fingerprint density at radius 2 is 2.29 bits per heavy atom. The minimum Gasteiger partial charge on any atom is -0.384 e. The van der Waals surface area contributed by atoms with Crippen molar-refractivity contribution in [3.05, 3.63) is 24.3 Å². The van der Waals surface area contributed by atoms with Crippen LogP contribution in [0.15, 0.2) is 24.3 Å². The Morgan fingerprint density at radius 3 is 2.95 bits per heavy atom. The molecule has 1 aliphatic heterocycles. The number of nitrogens with one attached hydrogen (secondary N) is 2. The Bertz CT molecular complexity index is 547. The lowest BCUT2D eigenvalue weighted by atomic mass is 9.88. The number of benzene rings is 1. The predicted molar refractivity (Wildman–Crippen MR) is 84.3 cm³/mol. The average molecular weight is 286 g/mol. The molecule has 0 spiro atoms. The van der Waals surface area contributed by atoms with Crippen LogP contribution in [-0.4, -0.2) is 25.7 Å². The van der Waals surface area contributed by atoms with Gasteiger partial charge in [0.05, 0.1) is 6.07 Å². The second kappa shape index (κ2) is 6.49. The summed E-state index contributed by atoms with van der Waals surface area (Å²) in [5.41, 5.74) is 1.97. The summed E-state index contributed by atoms with van der Waals surface area (Å²) in [6, 6.07) is 10.0. The van der Waals surface area contributed by atoms with E-state index in [-0.39, 0.29) is 11.4 Å². The van der Waals surface area contributed by atoms with Gasteiger partial charge in [-0.05, 0) is 30.0 Å². The molecule has 21 heavy (non-hydrogen) atoms. The van der Waals surface area contributed by atoms with Crippen LogP contribution >= 0.6 is 0 Å². The predicted octanol–water partition coefficient (Wildman–Crippen LogP) is 2.96. The normalized spacial score (nSPS) is 14.7. The molecule has 5 nitrogen and oxygen atoms in total. The van der Waals surface area contributed by atoms with E-state index in [4.69, 9.17) is 5.26 Å². The second-order valence-corrected chi connectivity index (χ2v) is 6.11. The summed E-state index contributed by atoms with van der Waals surface area (Å²) in [6.07, 6.45) is 1.44. The minimum absolute atomic E-state index is 0.0403. The fourth-order valence-electron chi connectivity index (χ4n) is 2.33. The molecule has 112 valence electrons. The largest absolute Gasteiger partial charge is 0.384 e. The van der Waals surface area contributed by atoms with E-state index in [2.05, 4.69) is 30.6 Å². The Balaban J connectivity index is 1.98. The van der Waals surface area contributed by atoms with Crippen LogP contribution in [0.4, 0.5) is 16.2 Å². The Kier molecular flexibility index (Phi) is 4.69. The zero-order valence-corrected chi connectivity index (χ0v) is 12.6. The zero-order chi connectivity index (χ0) is 15.3.